The summed E-state index contributed by atoms with van der Waals surface area (Å²) in [5, 5.41) is 0. The van der Waals surface area contributed by atoms with Gasteiger partial charge in [-0.1, -0.05) is 26.0 Å². The first kappa shape index (κ1) is 15.1. The van der Waals surface area contributed by atoms with E-state index in [1.165, 1.54) is 11.6 Å². The first-order valence-electron chi connectivity index (χ1n) is 8.85. The van der Waals surface area contributed by atoms with Gasteiger partial charge in [0.25, 0.3) is 0 Å². The quantitative estimate of drug-likeness (QED) is 0.336. The molecular formula is C19H24O5. The molecule has 2 bridgehead atoms. The van der Waals surface area contributed by atoms with Gasteiger partial charge in [-0.2, -0.15) is 0 Å². The highest BCUT2D eigenvalue weighted by Crippen LogP contribution is 2.74. The van der Waals surface area contributed by atoms with Gasteiger partial charge in [-0.05, 0) is 19.4 Å². The highest BCUT2D eigenvalue weighted by molar-refractivity contribution is 5.82. The lowest BCUT2D eigenvalue weighted by molar-refractivity contribution is -0.212. The monoisotopic (exact) mass is 332 g/mol. The SMILES string of the molecule is C/C=C/C(=O)OC1CC2OC3C=C(C)C4OC4C3(C)C1(C)C21CO1. The second kappa shape index (κ2) is 4.32. The van der Waals surface area contributed by atoms with Crippen molar-refractivity contribution in [3.05, 3.63) is 23.8 Å². The number of epoxide rings is 2. The fourth-order valence-corrected chi connectivity index (χ4v) is 5.77. The molecule has 0 N–H and O–H groups in total. The van der Waals surface area contributed by atoms with Gasteiger partial charge in [-0.15, -0.1) is 0 Å². The Morgan fingerprint density at radius 2 is 2.12 bits per heavy atom. The molecule has 2 aliphatic carbocycles. The molecule has 5 rings (SSSR count). The predicted molar refractivity (Wildman–Crippen MR) is 85.3 cm³/mol. The average molecular weight is 332 g/mol. The van der Waals surface area contributed by atoms with Gasteiger partial charge in [-0.3, -0.25) is 0 Å². The van der Waals surface area contributed by atoms with Gasteiger partial charge in [0.2, 0.25) is 0 Å². The Bertz CT molecular complexity index is 677. The highest BCUT2D eigenvalue weighted by Gasteiger charge is 2.85. The molecule has 3 saturated heterocycles. The van der Waals surface area contributed by atoms with Gasteiger partial charge in [0, 0.05) is 23.3 Å². The molecule has 0 aromatic rings. The molecule has 0 radical (unpaired) electrons. The number of carbonyl (C=O) groups is 1. The second-order valence-corrected chi connectivity index (χ2v) is 8.26. The third kappa shape index (κ3) is 1.46. The summed E-state index contributed by atoms with van der Waals surface area (Å²) >= 11 is 0. The van der Waals surface area contributed by atoms with E-state index in [-0.39, 0.29) is 52.9 Å². The van der Waals surface area contributed by atoms with Gasteiger partial charge >= 0.3 is 5.97 Å². The Kier molecular flexibility index (Phi) is 2.72. The van der Waals surface area contributed by atoms with Crippen LogP contribution in [0.1, 0.15) is 34.1 Å². The third-order valence-electron chi connectivity index (χ3n) is 7.45. The maximum atomic E-state index is 12.1. The van der Waals surface area contributed by atoms with E-state index >= 15 is 0 Å². The number of rotatable bonds is 2. The molecule has 5 aliphatic rings. The van der Waals surface area contributed by atoms with Crippen LogP contribution in [0.2, 0.25) is 0 Å². The summed E-state index contributed by atoms with van der Waals surface area (Å²) in [7, 11) is 0. The van der Waals surface area contributed by atoms with Crippen LogP contribution in [0, 0.1) is 10.8 Å². The largest absolute Gasteiger partial charge is 0.458 e. The van der Waals surface area contributed by atoms with Crippen molar-refractivity contribution in [3.63, 3.8) is 0 Å². The normalized spacial score (nSPS) is 56.7. The van der Waals surface area contributed by atoms with E-state index in [1.807, 2.05) is 6.92 Å². The van der Waals surface area contributed by atoms with Gasteiger partial charge in [0.05, 0.1) is 24.9 Å². The number of hydrogen-bond donors (Lipinski definition) is 0. The Balaban J connectivity index is 1.60. The van der Waals surface area contributed by atoms with Crippen LogP contribution >= 0.6 is 0 Å². The first-order chi connectivity index (χ1) is 11.4. The molecule has 3 heterocycles. The zero-order valence-electron chi connectivity index (χ0n) is 14.6. The fraction of sp³-hybridized carbons (Fsp3) is 0.737. The van der Waals surface area contributed by atoms with Crippen LogP contribution in [-0.2, 0) is 23.7 Å². The standard InChI is InChI=1S/C19H24O5/c1-5-6-14(20)23-12-8-13-19(9-21-19)18(12,4)17(3)11(22-13)7-10(2)15-16(17)24-15/h5-7,11-13,15-16H,8-9H2,1-4H3/b6-5+. The summed E-state index contributed by atoms with van der Waals surface area (Å²) in [6, 6.07) is 0. The van der Waals surface area contributed by atoms with Crippen LogP contribution in [0.5, 0.6) is 0 Å². The van der Waals surface area contributed by atoms with Crippen molar-refractivity contribution in [1.82, 2.24) is 0 Å². The Morgan fingerprint density at radius 1 is 1.38 bits per heavy atom. The van der Waals surface area contributed by atoms with E-state index in [0.717, 1.165) is 0 Å². The maximum absolute atomic E-state index is 12.1. The molecule has 0 aromatic carbocycles. The Morgan fingerprint density at radius 3 is 2.79 bits per heavy atom. The maximum Gasteiger partial charge on any atom is 0.330 e. The molecule has 24 heavy (non-hydrogen) atoms. The lowest BCUT2D eigenvalue weighted by atomic mass is 9.52. The van der Waals surface area contributed by atoms with Crippen LogP contribution in [0.4, 0.5) is 0 Å². The minimum absolute atomic E-state index is 0.0171. The molecule has 1 saturated carbocycles. The number of hydrogen-bond acceptors (Lipinski definition) is 5. The predicted octanol–water partition coefficient (Wildman–Crippen LogP) is 2.15. The van der Waals surface area contributed by atoms with E-state index in [0.29, 0.717) is 13.0 Å². The van der Waals surface area contributed by atoms with Crippen molar-refractivity contribution in [2.45, 2.75) is 70.2 Å². The molecule has 0 amide bonds. The van der Waals surface area contributed by atoms with E-state index < -0.39 is 0 Å². The fourth-order valence-electron chi connectivity index (χ4n) is 5.77. The molecule has 4 fully saturated rings. The Hall–Kier alpha value is -1.17. The molecular weight excluding hydrogens is 308 g/mol. The van der Waals surface area contributed by atoms with Crippen molar-refractivity contribution in [3.8, 4) is 0 Å². The number of fused-ring (bicyclic) bond motifs is 4. The number of carbonyl (C=O) groups excluding carboxylic acids is 1. The minimum atomic E-state index is -0.339. The molecule has 8 unspecified atom stereocenters. The second-order valence-electron chi connectivity index (χ2n) is 8.26. The van der Waals surface area contributed by atoms with E-state index in [4.69, 9.17) is 18.9 Å². The zero-order valence-corrected chi connectivity index (χ0v) is 14.6. The highest BCUT2D eigenvalue weighted by atomic mass is 16.6. The van der Waals surface area contributed by atoms with E-state index in [2.05, 4.69) is 26.8 Å². The molecule has 130 valence electrons. The topological polar surface area (TPSA) is 60.6 Å². The van der Waals surface area contributed by atoms with Crippen LogP contribution in [0.3, 0.4) is 0 Å². The van der Waals surface area contributed by atoms with Crippen LogP contribution in [-0.4, -0.2) is 48.7 Å². The number of ether oxygens (including phenoxy) is 4. The lowest BCUT2D eigenvalue weighted by Crippen LogP contribution is -2.66. The van der Waals surface area contributed by atoms with E-state index in [1.54, 1.807) is 6.08 Å². The molecule has 5 heteroatoms. The van der Waals surface area contributed by atoms with Gasteiger partial charge in [-0.25, -0.2) is 4.79 Å². The van der Waals surface area contributed by atoms with Gasteiger partial charge < -0.3 is 18.9 Å². The summed E-state index contributed by atoms with van der Waals surface area (Å²) in [6.07, 6.45) is 6.12. The lowest BCUT2D eigenvalue weighted by Gasteiger charge is -2.56. The smallest absolute Gasteiger partial charge is 0.330 e. The molecule has 5 nitrogen and oxygen atoms in total. The van der Waals surface area contributed by atoms with Crippen molar-refractivity contribution in [2.24, 2.45) is 10.8 Å². The Labute approximate surface area is 142 Å². The minimum Gasteiger partial charge on any atom is -0.458 e. The third-order valence-corrected chi connectivity index (χ3v) is 7.45. The molecule has 1 spiro atoms. The summed E-state index contributed by atoms with van der Waals surface area (Å²) in [5.41, 5.74) is 0.332. The summed E-state index contributed by atoms with van der Waals surface area (Å²) < 4.78 is 24.4. The van der Waals surface area contributed by atoms with Gasteiger partial charge in [0.1, 0.15) is 17.8 Å². The van der Waals surface area contributed by atoms with Gasteiger partial charge in [0.15, 0.2) is 0 Å². The molecule has 0 aromatic heterocycles. The molecule has 8 atom stereocenters. The number of esters is 1. The van der Waals surface area contributed by atoms with Crippen molar-refractivity contribution < 1.29 is 23.7 Å². The first-order valence-corrected chi connectivity index (χ1v) is 8.85. The summed E-state index contributed by atoms with van der Waals surface area (Å²) in [5.74, 6) is -0.289. The summed E-state index contributed by atoms with van der Waals surface area (Å²) in [4.78, 5) is 12.1. The van der Waals surface area contributed by atoms with Crippen LogP contribution in [0.15, 0.2) is 23.8 Å². The van der Waals surface area contributed by atoms with Crippen molar-refractivity contribution in [2.75, 3.05) is 6.61 Å². The number of allylic oxidation sites excluding steroid dienone is 1. The average Bonchev–Trinajstić information content (AvgIpc) is 3.40. The summed E-state index contributed by atoms with van der Waals surface area (Å²) in [6.45, 7) is 9.05. The van der Waals surface area contributed by atoms with E-state index in [9.17, 15) is 4.79 Å². The van der Waals surface area contributed by atoms with Crippen LogP contribution in [0.25, 0.3) is 0 Å². The van der Waals surface area contributed by atoms with Crippen molar-refractivity contribution in [1.29, 1.82) is 0 Å². The molecule has 3 aliphatic heterocycles. The zero-order chi connectivity index (χ0) is 16.9. The van der Waals surface area contributed by atoms with Crippen LogP contribution < -0.4 is 0 Å². The van der Waals surface area contributed by atoms with Crippen molar-refractivity contribution >= 4 is 5.97 Å².